The number of halogens is 3. The van der Waals surface area contributed by atoms with Gasteiger partial charge in [-0.05, 0) is 19.1 Å². The molecule has 0 radical (unpaired) electrons. The van der Waals surface area contributed by atoms with Crippen LogP contribution in [0.5, 0.6) is 0 Å². The monoisotopic (exact) mass is 238 g/mol. The van der Waals surface area contributed by atoms with Gasteiger partial charge in [-0.25, -0.2) is 0 Å². The molecule has 2 aromatic rings. The van der Waals surface area contributed by atoms with E-state index < -0.39 is 11.7 Å². The van der Waals surface area contributed by atoms with Crippen molar-refractivity contribution in [2.24, 2.45) is 0 Å². The highest BCUT2D eigenvalue weighted by Gasteiger charge is 2.30. The molecule has 5 heteroatoms. The van der Waals surface area contributed by atoms with Crippen molar-refractivity contribution in [1.29, 1.82) is 0 Å². The van der Waals surface area contributed by atoms with E-state index in [9.17, 15) is 13.2 Å². The molecule has 0 atom stereocenters. The third-order valence-electron chi connectivity index (χ3n) is 2.34. The molecule has 1 aromatic carbocycles. The van der Waals surface area contributed by atoms with Gasteiger partial charge in [-0.1, -0.05) is 12.1 Å². The quantitative estimate of drug-likeness (QED) is 0.760. The third-order valence-corrected chi connectivity index (χ3v) is 2.34. The molecule has 0 spiro atoms. The lowest BCUT2D eigenvalue weighted by Gasteiger charge is -2.09. The van der Waals surface area contributed by atoms with Gasteiger partial charge in [-0.2, -0.15) is 13.2 Å². The largest absolute Gasteiger partial charge is 0.416 e. The van der Waals surface area contributed by atoms with Gasteiger partial charge < -0.3 is 0 Å². The van der Waals surface area contributed by atoms with Gasteiger partial charge in [-0.3, -0.25) is 9.97 Å². The summed E-state index contributed by atoms with van der Waals surface area (Å²) >= 11 is 0. The summed E-state index contributed by atoms with van der Waals surface area (Å²) in [5.41, 5.74) is 0.816. The number of benzene rings is 1. The number of aromatic nitrogens is 2. The van der Waals surface area contributed by atoms with Crippen molar-refractivity contribution >= 4 is 0 Å². The van der Waals surface area contributed by atoms with Crippen LogP contribution in [0.1, 0.15) is 11.3 Å². The fraction of sp³-hybridized carbons (Fsp3) is 0.167. The fourth-order valence-electron chi connectivity index (χ4n) is 1.53. The SMILES string of the molecule is Cc1nccnc1-c1cccc(C(F)(F)F)c1. The Morgan fingerprint density at radius 3 is 2.41 bits per heavy atom. The molecule has 0 fully saturated rings. The molecule has 0 aliphatic heterocycles. The predicted octanol–water partition coefficient (Wildman–Crippen LogP) is 3.47. The minimum atomic E-state index is -4.34. The lowest BCUT2D eigenvalue weighted by molar-refractivity contribution is -0.137. The molecule has 0 saturated heterocycles. The Morgan fingerprint density at radius 2 is 1.76 bits per heavy atom. The van der Waals surface area contributed by atoms with Crippen molar-refractivity contribution in [1.82, 2.24) is 9.97 Å². The molecule has 0 unspecified atom stereocenters. The summed E-state index contributed by atoms with van der Waals surface area (Å²) in [7, 11) is 0. The maximum atomic E-state index is 12.5. The average molecular weight is 238 g/mol. The summed E-state index contributed by atoms with van der Waals surface area (Å²) in [4.78, 5) is 8.05. The van der Waals surface area contributed by atoms with Crippen LogP contribution in [0, 0.1) is 6.92 Å². The van der Waals surface area contributed by atoms with Crippen LogP contribution in [0.4, 0.5) is 13.2 Å². The molecule has 2 nitrogen and oxygen atoms in total. The van der Waals surface area contributed by atoms with Crippen LogP contribution in [0.25, 0.3) is 11.3 Å². The molecule has 0 N–H and O–H groups in total. The number of hydrogen-bond donors (Lipinski definition) is 0. The Kier molecular flexibility index (Phi) is 2.83. The second-order valence-corrected chi connectivity index (χ2v) is 3.57. The molecule has 0 bridgehead atoms. The zero-order chi connectivity index (χ0) is 12.5. The molecule has 0 saturated carbocycles. The van der Waals surface area contributed by atoms with E-state index in [0.29, 0.717) is 17.0 Å². The van der Waals surface area contributed by atoms with Crippen LogP contribution in [0.15, 0.2) is 36.7 Å². The third kappa shape index (κ3) is 2.43. The maximum Gasteiger partial charge on any atom is 0.416 e. The van der Waals surface area contributed by atoms with E-state index in [2.05, 4.69) is 9.97 Å². The average Bonchev–Trinajstić information content (AvgIpc) is 2.29. The summed E-state index contributed by atoms with van der Waals surface area (Å²) in [5, 5.41) is 0. The number of nitrogens with zero attached hydrogens (tertiary/aromatic N) is 2. The van der Waals surface area contributed by atoms with Gasteiger partial charge in [0.2, 0.25) is 0 Å². The van der Waals surface area contributed by atoms with Gasteiger partial charge in [0.1, 0.15) is 0 Å². The molecular weight excluding hydrogens is 229 g/mol. The summed E-state index contributed by atoms with van der Waals surface area (Å²) in [5.74, 6) is 0. The first kappa shape index (κ1) is 11.6. The molecule has 88 valence electrons. The Balaban J connectivity index is 2.51. The minimum absolute atomic E-state index is 0.422. The summed E-state index contributed by atoms with van der Waals surface area (Å²) in [6.07, 6.45) is -1.37. The maximum absolute atomic E-state index is 12.5. The fourth-order valence-corrected chi connectivity index (χ4v) is 1.53. The number of hydrogen-bond acceptors (Lipinski definition) is 2. The summed E-state index contributed by atoms with van der Waals surface area (Å²) in [6, 6.07) is 5.07. The van der Waals surface area contributed by atoms with Gasteiger partial charge in [-0.15, -0.1) is 0 Å². The first-order chi connectivity index (χ1) is 7.98. The number of aryl methyl sites for hydroxylation is 1. The van der Waals surface area contributed by atoms with E-state index in [1.807, 2.05) is 0 Å². The number of alkyl halides is 3. The van der Waals surface area contributed by atoms with E-state index in [4.69, 9.17) is 0 Å². The summed E-state index contributed by atoms with van der Waals surface area (Å²) in [6.45, 7) is 1.71. The zero-order valence-corrected chi connectivity index (χ0v) is 8.99. The van der Waals surface area contributed by atoms with Crippen molar-refractivity contribution < 1.29 is 13.2 Å². The smallest absolute Gasteiger partial charge is 0.258 e. The van der Waals surface area contributed by atoms with E-state index in [-0.39, 0.29) is 0 Å². The van der Waals surface area contributed by atoms with E-state index in [1.165, 1.54) is 18.5 Å². The van der Waals surface area contributed by atoms with Gasteiger partial charge in [0, 0.05) is 18.0 Å². The second kappa shape index (κ2) is 4.16. The Bertz CT molecular complexity index is 535. The van der Waals surface area contributed by atoms with Gasteiger partial charge in [0.05, 0.1) is 17.0 Å². The lowest BCUT2D eigenvalue weighted by Crippen LogP contribution is -2.04. The number of rotatable bonds is 1. The Morgan fingerprint density at radius 1 is 1.06 bits per heavy atom. The molecular formula is C12H9F3N2. The van der Waals surface area contributed by atoms with Crippen LogP contribution in [0.2, 0.25) is 0 Å². The van der Waals surface area contributed by atoms with E-state index in [0.717, 1.165) is 12.1 Å². The van der Waals surface area contributed by atoms with Crippen molar-refractivity contribution in [3.05, 3.63) is 47.9 Å². The molecule has 1 heterocycles. The van der Waals surface area contributed by atoms with Crippen LogP contribution in [-0.2, 0) is 6.18 Å². The highest BCUT2D eigenvalue weighted by molar-refractivity contribution is 5.62. The molecule has 0 aliphatic rings. The molecule has 2 rings (SSSR count). The van der Waals surface area contributed by atoms with Crippen molar-refractivity contribution in [3.63, 3.8) is 0 Å². The summed E-state index contributed by atoms with van der Waals surface area (Å²) < 4.78 is 37.6. The zero-order valence-electron chi connectivity index (χ0n) is 8.99. The lowest BCUT2D eigenvalue weighted by atomic mass is 10.1. The highest BCUT2D eigenvalue weighted by atomic mass is 19.4. The van der Waals surface area contributed by atoms with E-state index >= 15 is 0 Å². The predicted molar refractivity (Wildman–Crippen MR) is 57.2 cm³/mol. The Hall–Kier alpha value is -1.91. The first-order valence-corrected chi connectivity index (χ1v) is 4.94. The molecule has 1 aromatic heterocycles. The van der Waals surface area contributed by atoms with Crippen LogP contribution in [-0.4, -0.2) is 9.97 Å². The van der Waals surface area contributed by atoms with Crippen molar-refractivity contribution in [3.8, 4) is 11.3 Å². The van der Waals surface area contributed by atoms with Gasteiger partial charge in [0.15, 0.2) is 0 Å². The van der Waals surface area contributed by atoms with Crippen LogP contribution in [0.3, 0.4) is 0 Å². The van der Waals surface area contributed by atoms with Crippen molar-refractivity contribution in [2.45, 2.75) is 13.1 Å². The first-order valence-electron chi connectivity index (χ1n) is 4.94. The topological polar surface area (TPSA) is 25.8 Å². The molecule has 0 amide bonds. The van der Waals surface area contributed by atoms with E-state index in [1.54, 1.807) is 13.0 Å². The van der Waals surface area contributed by atoms with Crippen LogP contribution < -0.4 is 0 Å². The highest BCUT2D eigenvalue weighted by Crippen LogP contribution is 2.31. The standard InChI is InChI=1S/C12H9F3N2/c1-8-11(17-6-5-16-8)9-3-2-4-10(7-9)12(13,14)15/h2-7H,1H3. The van der Waals surface area contributed by atoms with Crippen LogP contribution >= 0.6 is 0 Å². The van der Waals surface area contributed by atoms with Gasteiger partial charge >= 0.3 is 6.18 Å². The molecule has 17 heavy (non-hydrogen) atoms. The van der Waals surface area contributed by atoms with Crippen molar-refractivity contribution in [2.75, 3.05) is 0 Å². The Labute approximate surface area is 96.2 Å². The second-order valence-electron chi connectivity index (χ2n) is 3.57. The van der Waals surface area contributed by atoms with Gasteiger partial charge in [0.25, 0.3) is 0 Å². The molecule has 0 aliphatic carbocycles. The minimum Gasteiger partial charge on any atom is -0.258 e. The normalized spacial score (nSPS) is 11.5.